The highest BCUT2D eigenvalue weighted by Crippen LogP contribution is 1.94. The van der Waals surface area contributed by atoms with Crippen molar-refractivity contribution < 1.29 is 14.6 Å². The second-order valence-corrected chi connectivity index (χ2v) is 3.86. The summed E-state index contributed by atoms with van der Waals surface area (Å²) in [5.74, 6) is 0. The summed E-state index contributed by atoms with van der Waals surface area (Å²) in [7, 11) is 3.29. The van der Waals surface area contributed by atoms with Gasteiger partial charge in [-0.05, 0) is 20.3 Å². The molecule has 0 aliphatic heterocycles. The molecule has 0 bridgehead atoms. The van der Waals surface area contributed by atoms with Crippen molar-refractivity contribution in [3.8, 4) is 0 Å². The normalized spacial score (nSPS) is 14.5. The molecule has 0 saturated heterocycles. The average Bonchev–Trinajstić information content (AvgIpc) is 2.13. The molecular formula is C10H22N2O3. The zero-order chi connectivity index (χ0) is 11.8. The molecule has 0 saturated carbocycles. The van der Waals surface area contributed by atoms with Gasteiger partial charge in [0.2, 0.25) is 0 Å². The van der Waals surface area contributed by atoms with Crippen LogP contribution in [0.5, 0.6) is 0 Å². The number of urea groups is 1. The van der Waals surface area contributed by atoms with Crippen LogP contribution in [0, 0.1) is 0 Å². The average molecular weight is 218 g/mol. The van der Waals surface area contributed by atoms with E-state index in [9.17, 15) is 4.79 Å². The van der Waals surface area contributed by atoms with Gasteiger partial charge in [0.15, 0.2) is 0 Å². The van der Waals surface area contributed by atoms with Crippen LogP contribution in [0.1, 0.15) is 20.3 Å². The minimum Gasteiger partial charge on any atom is -0.392 e. The second-order valence-electron chi connectivity index (χ2n) is 3.86. The smallest absolute Gasteiger partial charge is 0.317 e. The number of ether oxygens (including phenoxy) is 1. The minimum atomic E-state index is -0.505. The molecule has 5 heteroatoms. The number of amides is 2. The largest absolute Gasteiger partial charge is 0.392 e. The Bertz CT molecular complexity index is 186. The number of nitrogens with zero attached hydrogens (tertiary/aromatic N) is 1. The van der Waals surface area contributed by atoms with Crippen LogP contribution in [-0.4, -0.2) is 55.5 Å². The Balaban J connectivity index is 3.80. The van der Waals surface area contributed by atoms with Crippen molar-refractivity contribution in [2.24, 2.45) is 0 Å². The maximum absolute atomic E-state index is 11.5. The van der Waals surface area contributed by atoms with E-state index in [0.29, 0.717) is 13.2 Å². The van der Waals surface area contributed by atoms with Crippen molar-refractivity contribution in [1.82, 2.24) is 10.2 Å². The number of hydrogen-bond donors (Lipinski definition) is 2. The van der Waals surface area contributed by atoms with E-state index in [1.54, 1.807) is 21.1 Å². The Morgan fingerprint density at radius 1 is 1.53 bits per heavy atom. The summed E-state index contributed by atoms with van der Waals surface area (Å²) < 4.78 is 4.91. The highest BCUT2D eigenvalue weighted by Gasteiger charge is 2.12. The van der Waals surface area contributed by atoms with Crippen LogP contribution in [-0.2, 0) is 4.74 Å². The van der Waals surface area contributed by atoms with Crippen molar-refractivity contribution in [1.29, 1.82) is 0 Å². The van der Waals surface area contributed by atoms with Gasteiger partial charge in [-0.25, -0.2) is 4.79 Å². The SMILES string of the molecule is COCCC(C)NC(=O)N(C)CC(C)O. The van der Waals surface area contributed by atoms with Gasteiger partial charge in [0.05, 0.1) is 6.10 Å². The van der Waals surface area contributed by atoms with Crippen LogP contribution in [0.25, 0.3) is 0 Å². The topological polar surface area (TPSA) is 61.8 Å². The first kappa shape index (κ1) is 14.2. The fourth-order valence-corrected chi connectivity index (χ4v) is 1.17. The number of likely N-dealkylation sites (N-methyl/N-ethyl adjacent to an activating group) is 1. The van der Waals surface area contributed by atoms with E-state index in [0.717, 1.165) is 6.42 Å². The summed E-state index contributed by atoms with van der Waals surface area (Å²) in [5, 5.41) is 11.9. The van der Waals surface area contributed by atoms with Crippen LogP contribution in [0.3, 0.4) is 0 Å². The van der Waals surface area contributed by atoms with Crippen molar-refractivity contribution >= 4 is 6.03 Å². The van der Waals surface area contributed by atoms with Gasteiger partial charge in [-0.1, -0.05) is 0 Å². The number of carbonyl (C=O) groups excluding carboxylic acids is 1. The molecule has 0 fully saturated rings. The summed E-state index contributed by atoms with van der Waals surface area (Å²) in [5.41, 5.74) is 0. The number of aliphatic hydroxyl groups is 1. The molecule has 2 amide bonds. The molecule has 2 unspecified atom stereocenters. The molecule has 15 heavy (non-hydrogen) atoms. The monoisotopic (exact) mass is 218 g/mol. The Hall–Kier alpha value is -0.810. The summed E-state index contributed by atoms with van der Waals surface area (Å²) >= 11 is 0. The Labute approximate surface area is 91.4 Å². The predicted molar refractivity (Wildman–Crippen MR) is 58.8 cm³/mol. The van der Waals surface area contributed by atoms with Crippen molar-refractivity contribution in [2.45, 2.75) is 32.4 Å². The summed E-state index contributed by atoms with van der Waals surface area (Å²) in [6, 6.07) is -0.0894. The lowest BCUT2D eigenvalue weighted by molar-refractivity contribution is 0.140. The lowest BCUT2D eigenvalue weighted by Crippen LogP contribution is -2.44. The van der Waals surface area contributed by atoms with E-state index < -0.39 is 6.10 Å². The molecule has 0 aromatic heterocycles. The molecule has 5 nitrogen and oxygen atoms in total. The van der Waals surface area contributed by atoms with E-state index in [1.165, 1.54) is 4.90 Å². The van der Waals surface area contributed by atoms with Crippen molar-refractivity contribution in [3.05, 3.63) is 0 Å². The van der Waals surface area contributed by atoms with Gasteiger partial charge in [0, 0.05) is 33.4 Å². The van der Waals surface area contributed by atoms with Crippen LogP contribution in [0.4, 0.5) is 4.79 Å². The molecule has 0 rings (SSSR count). The zero-order valence-corrected chi connectivity index (χ0v) is 9.99. The molecule has 0 aliphatic carbocycles. The molecule has 0 aromatic rings. The Kier molecular flexibility index (Phi) is 7.07. The van der Waals surface area contributed by atoms with Gasteiger partial charge in [0.1, 0.15) is 0 Å². The highest BCUT2D eigenvalue weighted by atomic mass is 16.5. The van der Waals surface area contributed by atoms with Gasteiger partial charge >= 0.3 is 6.03 Å². The first-order valence-corrected chi connectivity index (χ1v) is 5.16. The van der Waals surface area contributed by atoms with Gasteiger partial charge in [-0.3, -0.25) is 0 Å². The standard InChI is InChI=1S/C10H22N2O3/c1-8(5-6-15-4)11-10(14)12(3)7-9(2)13/h8-9,13H,5-7H2,1-4H3,(H,11,14). The lowest BCUT2D eigenvalue weighted by Gasteiger charge is -2.22. The number of methoxy groups -OCH3 is 1. The van der Waals surface area contributed by atoms with Gasteiger partial charge in [0.25, 0.3) is 0 Å². The third kappa shape index (κ3) is 7.16. The second kappa shape index (κ2) is 7.48. The van der Waals surface area contributed by atoms with Crippen LogP contribution >= 0.6 is 0 Å². The number of carbonyl (C=O) groups is 1. The van der Waals surface area contributed by atoms with Crippen LogP contribution in [0.15, 0.2) is 0 Å². The summed E-state index contributed by atoms with van der Waals surface area (Å²) in [4.78, 5) is 13.0. The molecule has 0 spiro atoms. The number of aliphatic hydroxyl groups excluding tert-OH is 1. The molecule has 0 aromatic carbocycles. The Morgan fingerprint density at radius 2 is 2.13 bits per heavy atom. The first-order valence-electron chi connectivity index (χ1n) is 5.16. The highest BCUT2D eigenvalue weighted by molar-refractivity contribution is 5.74. The fraction of sp³-hybridized carbons (Fsp3) is 0.900. The third-order valence-electron chi connectivity index (χ3n) is 2.01. The van der Waals surface area contributed by atoms with E-state index >= 15 is 0 Å². The maximum Gasteiger partial charge on any atom is 0.317 e. The lowest BCUT2D eigenvalue weighted by atomic mass is 10.2. The predicted octanol–water partition coefficient (Wildman–Crippen LogP) is 0.434. The van der Waals surface area contributed by atoms with Gasteiger partial charge in [-0.15, -0.1) is 0 Å². The van der Waals surface area contributed by atoms with Gasteiger partial charge < -0.3 is 20.1 Å². The molecular weight excluding hydrogens is 196 g/mol. The fourth-order valence-electron chi connectivity index (χ4n) is 1.17. The molecule has 0 aliphatic rings. The molecule has 0 heterocycles. The summed E-state index contributed by atoms with van der Waals surface area (Å²) in [6.07, 6.45) is 0.278. The van der Waals surface area contributed by atoms with E-state index in [-0.39, 0.29) is 12.1 Å². The first-order chi connectivity index (χ1) is 6.97. The van der Waals surface area contributed by atoms with E-state index in [2.05, 4.69) is 5.32 Å². The minimum absolute atomic E-state index is 0.0777. The van der Waals surface area contributed by atoms with Gasteiger partial charge in [-0.2, -0.15) is 0 Å². The number of nitrogens with one attached hydrogen (secondary N) is 1. The molecule has 2 atom stereocenters. The third-order valence-corrected chi connectivity index (χ3v) is 2.01. The zero-order valence-electron chi connectivity index (χ0n) is 9.99. The maximum atomic E-state index is 11.5. The molecule has 2 N–H and O–H groups in total. The molecule has 90 valence electrons. The van der Waals surface area contributed by atoms with E-state index in [4.69, 9.17) is 9.84 Å². The van der Waals surface area contributed by atoms with Crippen molar-refractivity contribution in [2.75, 3.05) is 27.3 Å². The Morgan fingerprint density at radius 3 is 2.60 bits per heavy atom. The molecule has 0 radical (unpaired) electrons. The summed E-state index contributed by atoms with van der Waals surface area (Å²) in [6.45, 7) is 4.54. The number of rotatable bonds is 6. The quantitative estimate of drug-likeness (QED) is 0.680. The number of hydrogen-bond acceptors (Lipinski definition) is 3. The van der Waals surface area contributed by atoms with Crippen LogP contribution in [0.2, 0.25) is 0 Å². The van der Waals surface area contributed by atoms with Crippen LogP contribution < -0.4 is 5.32 Å². The van der Waals surface area contributed by atoms with Crippen molar-refractivity contribution in [3.63, 3.8) is 0 Å². The van der Waals surface area contributed by atoms with E-state index in [1.807, 2.05) is 6.92 Å².